The van der Waals surface area contributed by atoms with Crippen LogP contribution in [-0.4, -0.2) is 46.1 Å². The van der Waals surface area contributed by atoms with Gasteiger partial charge in [-0.05, 0) is 50.7 Å². The Morgan fingerprint density at radius 1 is 1.35 bits per heavy atom. The SMILES string of the molecule is CC(C)Oc1cccnc1C(=O)N1C[C@H](C(=O)O)[C@@H](C2CC2)C1. The van der Waals surface area contributed by atoms with E-state index in [1.807, 2.05) is 13.8 Å². The van der Waals surface area contributed by atoms with Gasteiger partial charge in [-0.2, -0.15) is 0 Å². The van der Waals surface area contributed by atoms with Crippen LogP contribution >= 0.6 is 0 Å². The molecular formula is C17H22N2O4. The second-order valence-electron chi connectivity index (χ2n) is 6.67. The lowest BCUT2D eigenvalue weighted by atomic mass is 9.92. The predicted molar refractivity (Wildman–Crippen MR) is 83.2 cm³/mol. The summed E-state index contributed by atoms with van der Waals surface area (Å²) in [6, 6.07) is 3.45. The van der Waals surface area contributed by atoms with Crippen molar-refractivity contribution >= 4 is 11.9 Å². The van der Waals surface area contributed by atoms with E-state index in [0.717, 1.165) is 12.8 Å². The van der Waals surface area contributed by atoms with Crippen LogP contribution in [0.1, 0.15) is 37.2 Å². The van der Waals surface area contributed by atoms with E-state index in [0.29, 0.717) is 18.2 Å². The van der Waals surface area contributed by atoms with E-state index in [1.165, 1.54) is 0 Å². The van der Waals surface area contributed by atoms with Gasteiger partial charge in [-0.3, -0.25) is 9.59 Å². The molecule has 1 aliphatic carbocycles. The number of amides is 1. The summed E-state index contributed by atoms with van der Waals surface area (Å²) >= 11 is 0. The van der Waals surface area contributed by atoms with Crippen molar-refractivity contribution in [3.8, 4) is 5.75 Å². The van der Waals surface area contributed by atoms with Crippen molar-refractivity contribution in [3.05, 3.63) is 24.0 Å². The van der Waals surface area contributed by atoms with E-state index in [4.69, 9.17) is 4.74 Å². The molecule has 0 unspecified atom stereocenters. The molecule has 0 aromatic carbocycles. The fourth-order valence-corrected chi connectivity index (χ4v) is 3.31. The Bertz CT molecular complexity index is 612. The molecule has 2 heterocycles. The topological polar surface area (TPSA) is 79.7 Å². The number of hydrogen-bond acceptors (Lipinski definition) is 4. The molecule has 1 aliphatic heterocycles. The van der Waals surface area contributed by atoms with E-state index in [9.17, 15) is 14.7 Å². The van der Waals surface area contributed by atoms with Gasteiger partial charge in [-0.25, -0.2) is 4.98 Å². The van der Waals surface area contributed by atoms with E-state index in [1.54, 1.807) is 23.2 Å². The van der Waals surface area contributed by atoms with Gasteiger partial charge in [0.2, 0.25) is 0 Å². The summed E-state index contributed by atoms with van der Waals surface area (Å²) in [6.07, 6.45) is 3.64. The number of aliphatic carboxylic acids is 1. The molecule has 1 amide bonds. The van der Waals surface area contributed by atoms with Crippen molar-refractivity contribution in [2.45, 2.75) is 32.8 Å². The molecule has 23 heavy (non-hydrogen) atoms. The molecule has 0 spiro atoms. The van der Waals surface area contributed by atoms with Crippen LogP contribution in [0.15, 0.2) is 18.3 Å². The van der Waals surface area contributed by atoms with Crippen molar-refractivity contribution in [1.29, 1.82) is 0 Å². The van der Waals surface area contributed by atoms with Crippen LogP contribution in [0.5, 0.6) is 5.75 Å². The van der Waals surface area contributed by atoms with E-state index in [-0.39, 0.29) is 30.2 Å². The van der Waals surface area contributed by atoms with Crippen LogP contribution in [0.2, 0.25) is 0 Å². The van der Waals surface area contributed by atoms with E-state index < -0.39 is 11.9 Å². The van der Waals surface area contributed by atoms with Crippen LogP contribution < -0.4 is 4.74 Å². The first-order valence-corrected chi connectivity index (χ1v) is 8.11. The van der Waals surface area contributed by atoms with Gasteiger partial charge < -0.3 is 14.7 Å². The quantitative estimate of drug-likeness (QED) is 0.899. The molecule has 1 aromatic heterocycles. The first kappa shape index (κ1) is 15.8. The van der Waals surface area contributed by atoms with Gasteiger partial charge in [-0.1, -0.05) is 0 Å². The van der Waals surface area contributed by atoms with Gasteiger partial charge in [0, 0.05) is 19.3 Å². The van der Waals surface area contributed by atoms with Crippen molar-refractivity contribution in [2.75, 3.05) is 13.1 Å². The minimum atomic E-state index is -0.808. The fourth-order valence-electron chi connectivity index (χ4n) is 3.31. The third-order valence-electron chi connectivity index (χ3n) is 4.53. The third kappa shape index (κ3) is 3.30. The molecule has 1 aromatic rings. The van der Waals surface area contributed by atoms with E-state index in [2.05, 4.69) is 4.98 Å². The van der Waals surface area contributed by atoms with Gasteiger partial charge in [0.25, 0.3) is 5.91 Å². The standard InChI is InChI=1S/C17H22N2O4/c1-10(2)23-14-4-3-7-18-15(14)16(20)19-8-12(11-5-6-11)13(9-19)17(21)22/h3-4,7,10-13H,5-6,8-9H2,1-2H3,(H,21,22)/t12-,13+/m1/s1. The van der Waals surface area contributed by atoms with Gasteiger partial charge in [0.15, 0.2) is 11.4 Å². The van der Waals surface area contributed by atoms with Crippen molar-refractivity contribution in [2.24, 2.45) is 17.8 Å². The number of hydrogen-bond donors (Lipinski definition) is 1. The van der Waals surface area contributed by atoms with Crippen molar-refractivity contribution < 1.29 is 19.4 Å². The molecule has 1 saturated heterocycles. The fraction of sp³-hybridized carbons (Fsp3) is 0.588. The Morgan fingerprint density at radius 2 is 2.09 bits per heavy atom. The molecule has 124 valence electrons. The molecule has 1 saturated carbocycles. The number of likely N-dealkylation sites (tertiary alicyclic amines) is 1. The zero-order valence-corrected chi connectivity index (χ0v) is 13.4. The van der Waals surface area contributed by atoms with Gasteiger partial charge in [-0.15, -0.1) is 0 Å². The summed E-state index contributed by atoms with van der Waals surface area (Å²) < 4.78 is 5.66. The molecule has 6 heteroatoms. The number of nitrogens with zero attached hydrogens (tertiary/aromatic N) is 2. The number of carbonyl (C=O) groups excluding carboxylic acids is 1. The number of carbonyl (C=O) groups is 2. The molecule has 0 radical (unpaired) electrons. The summed E-state index contributed by atoms with van der Waals surface area (Å²) in [5.74, 6) is -0.551. The van der Waals surface area contributed by atoms with Crippen LogP contribution in [0, 0.1) is 17.8 Å². The highest BCUT2D eigenvalue weighted by Gasteiger charge is 2.47. The number of aromatic nitrogens is 1. The predicted octanol–water partition coefficient (Wildman–Crippen LogP) is 2.05. The van der Waals surface area contributed by atoms with Crippen LogP contribution in [-0.2, 0) is 4.79 Å². The zero-order chi connectivity index (χ0) is 16.6. The van der Waals surface area contributed by atoms with Gasteiger partial charge in [0.05, 0.1) is 12.0 Å². The smallest absolute Gasteiger partial charge is 0.308 e. The van der Waals surface area contributed by atoms with E-state index >= 15 is 0 Å². The maximum atomic E-state index is 12.8. The van der Waals surface area contributed by atoms with Crippen LogP contribution in [0.4, 0.5) is 0 Å². The Morgan fingerprint density at radius 3 is 2.70 bits per heavy atom. The lowest BCUT2D eigenvalue weighted by Crippen LogP contribution is -2.31. The Hall–Kier alpha value is -2.11. The highest BCUT2D eigenvalue weighted by molar-refractivity contribution is 5.95. The molecule has 2 atom stereocenters. The maximum absolute atomic E-state index is 12.8. The first-order chi connectivity index (χ1) is 11.0. The van der Waals surface area contributed by atoms with Crippen molar-refractivity contribution in [3.63, 3.8) is 0 Å². The highest BCUT2D eigenvalue weighted by atomic mass is 16.5. The molecule has 0 bridgehead atoms. The Kier molecular flexibility index (Phi) is 4.24. The average molecular weight is 318 g/mol. The summed E-state index contributed by atoms with van der Waals surface area (Å²) in [4.78, 5) is 30.1. The molecule has 3 rings (SSSR count). The largest absolute Gasteiger partial charge is 0.489 e. The second kappa shape index (κ2) is 6.18. The lowest BCUT2D eigenvalue weighted by Gasteiger charge is -2.18. The number of carboxylic acid groups (broad SMARTS) is 1. The van der Waals surface area contributed by atoms with Gasteiger partial charge in [0.1, 0.15) is 0 Å². The van der Waals surface area contributed by atoms with Gasteiger partial charge >= 0.3 is 5.97 Å². The number of pyridine rings is 1. The Balaban J connectivity index is 1.80. The minimum absolute atomic E-state index is 0.0599. The molecule has 2 fully saturated rings. The number of ether oxygens (including phenoxy) is 1. The maximum Gasteiger partial charge on any atom is 0.308 e. The van der Waals surface area contributed by atoms with Crippen LogP contribution in [0.3, 0.4) is 0 Å². The molecule has 6 nitrogen and oxygen atoms in total. The molecule has 2 aliphatic rings. The summed E-state index contributed by atoms with van der Waals surface area (Å²) in [7, 11) is 0. The molecular weight excluding hydrogens is 296 g/mol. The third-order valence-corrected chi connectivity index (χ3v) is 4.53. The average Bonchev–Trinajstić information content (AvgIpc) is 3.24. The highest BCUT2D eigenvalue weighted by Crippen LogP contribution is 2.44. The van der Waals surface area contributed by atoms with Crippen LogP contribution in [0.25, 0.3) is 0 Å². The normalized spacial score (nSPS) is 24.0. The first-order valence-electron chi connectivity index (χ1n) is 8.11. The summed E-state index contributed by atoms with van der Waals surface area (Å²) in [5.41, 5.74) is 0.266. The van der Waals surface area contributed by atoms with Crippen molar-refractivity contribution in [1.82, 2.24) is 9.88 Å². The lowest BCUT2D eigenvalue weighted by molar-refractivity contribution is -0.142. The summed E-state index contributed by atoms with van der Waals surface area (Å²) in [6.45, 7) is 4.53. The number of rotatable bonds is 5. The molecule has 1 N–H and O–H groups in total. The number of carboxylic acids is 1. The summed E-state index contributed by atoms with van der Waals surface area (Å²) in [5, 5.41) is 9.43. The monoisotopic (exact) mass is 318 g/mol. The minimum Gasteiger partial charge on any atom is -0.489 e. The second-order valence-corrected chi connectivity index (χ2v) is 6.67. The Labute approximate surface area is 135 Å². The zero-order valence-electron chi connectivity index (χ0n) is 13.4.